The largest absolute Gasteiger partial charge is 0.354 e. The van der Waals surface area contributed by atoms with Crippen LogP contribution in [0.1, 0.15) is 19.4 Å². The molecule has 4 rings (SSSR count). The van der Waals surface area contributed by atoms with Gasteiger partial charge in [-0.05, 0) is 23.6 Å². The molecule has 3 aromatic rings. The van der Waals surface area contributed by atoms with E-state index >= 15 is 0 Å². The summed E-state index contributed by atoms with van der Waals surface area (Å²) in [7, 11) is 0. The molecule has 30 heavy (non-hydrogen) atoms. The summed E-state index contributed by atoms with van der Waals surface area (Å²) in [5.41, 5.74) is 2.87. The third kappa shape index (κ3) is 4.15. The highest BCUT2D eigenvalue weighted by Crippen LogP contribution is 2.27. The summed E-state index contributed by atoms with van der Waals surface area (Å²) in [5.74, 6) is 0.781. The van der Waals surface area contributed by atoms with E-state index < -0.39 is 6.04 Å². The van der Waals surface area contributed by atoms with Crippen LogP contribution in [-0.4, -0.2) is 40.6 Å². The van der Waals surface area contributed by atoms with Gasteiger partial charge in [0.2, 0.25) is 11.9 Å². The molecule has 0 unspecified atom stereocenters. The molecule has 1 aliphatic heterocycles. The van der Waals surface area contributed by atoms with E-state index in [0.717, 1.165) is 16.6 Å². The molecule has 2 heterocycles. The second-order valence-electron chi connectivity index (χ2n) is 8.03. The predicted octanol–water partition coefficient (Wildman–Crippen LogP) is 2.95. The first-order chi connectivity index (χ1) is 14.5. The molecule has 2 aromatic carbocycles. The van der Waals surface area contributed by atoms with Crippen LogP contribution in [-0.2, 0) is 17.8 Å². The second-order valence-corrected chi connectivity index (χ2v) is 8.03. The number of nitrogens with zero attached hydrogens (tertiary/aromatic N) is 3. The van der Waals surface area contributed by atoms with E-state index in [9.17, 15) is 9.59 Å². The van der Waals surface area contributed by atoms with Crippen LogP contribution >= 0.6 is 0 Å². The number of nitrogens with one attached hydrogen (secondary N) is 2. The van der Waals surface area contributed by atoms with Crippen LogP contribution in [0, 0.1) is 5.92 Å². The molecule has 0 saturated carbocycles. The second kappa shape index (κ2) is 8.57. The van der Waals surface area contributed by atoms with Crippen LogP contribution < -0.4 is 15.5 Å². The van der Waals surface area contributed by atoms with Gasteiger partial charge in [0.25, 0.3) is 0 Å². The lowest BCUT2D eigenvalue weighted by Gasteiger charge is -2.22. The molecule has 1 aliphatic rings. The van der Waals surface area contributed by atoms with Crippen LogP contribution in [0.3, 0.4) is 0 Å². The van der Waals surface area contributed by atoms with Gasteiger partial charge >= 0.3 is 6.03 Å². The van der Waals surface area contributed by atoms with E-state index in [2.05, 4.69) is 15.6 Å². The third-order valence-electron chi connectivity index (χ3n) is 5.25. The molecule has 0 aliphatic carbocycles. The van der Waals surface area contributed by atoms with Crippen LogP contribution in [0.4, 0.5) is 10.7 Å². The molecule has 3 amide bonds. The molecule has 0 saturated heterocycles. The monoisotopic (exact) mass is 405 g/mol. The van der Waals surface area contributed by atoms with Gasteiger partial charge in [-0.2, -0.15) is 0 Å². The van der Waals surface area contributed by atoms with Crippen LogP contribution in [0.25, 0.3) is 11.0 Å². The fraction of sp³-hybridized carbons (Fsp3) is 0.348. The molecule has 7 heteroatoms. The van der Waals surface area contributed by atoms with Crippen molar-refractivity contribution in [1.29, 1.82) is 0 Å². The molecular weight excluding hydrogens is 378 g/mol. The van der Waals surface area contributed by atoms with Gasteiger partial charge in [-0.25, -0.2) is 9.78 Å². The summed E-state index contributed by atoms with van der Waals surface area (Å²) in [6.45, 7) is 5.87. The molecule has 2 N–H and O–H groups in total. The number of hydrogen-bond acceptors (Lipinski definition) is 3. The van der Waals surface area contributed by atoms with Crippen molar-refractivity contribution in [2.24, 2.45) is 5.92 Å². The van der Waals surface area contributed by atoms with E-state index in [4.69, 9.17) is 0 Å². The summed E-state index contributed by atoms with van der Waals surface area (Å²) < 4.78 is 2.04. The first-order valence-corrected chi connectivity index (χ1v) is 10.4. The van der Waals surface area contributed by atoms with Gasteiger partial charge in [-0.3, -0.25) is 9.69 Å². The maximum absolute atomic E-state index is 13.1. The number of carbonyl (C=O) groups is 2. The summed E-state index contributed by atoms with van der Waals surface area (Å²) in [5, 5.41) is 5.88. The number of anilines is 1. The number of imidazole rings is 1. The fourth-order valence-corrected chi connectivity index (χ4v) is 3.70. The first-order valence-electron chi connectivity index (χ1n) is 10.4. The van der Waals surface area contributed by atoms with Gasteiger partial charge in [-0.15, -0.1) is 0 Å². The Morgan fingerprint density at radius 1 is 1.03 bits per heavy atom. The number of fused-ring (bicyclic) bond motifs is 3. The lowest BCUT2D eigenvalue weighted by molar-refractivity contribution is -0.123. The molecular formula is C23H27N5O2. The molecule has 7 nitrogen and oxygen atoms in total. The van der Waals surface area contributed by atoms with Crippen molar-refractivity contribution >= 4 is 28.9 Å². The zero-order chi connectivity index (χ0) is 21.1. The number of rotatable bonds is 6. The van der Waals surface area contributed by atoms with Gasteiger partial charge in [0.1, 0.15) is 6.04 Å². The topological polar surface area (TPSA) is 79.3 Å². The molecule has 1 atom stereocenters. The minimum Gasteiger partial charge on any atom is -0.354 e. The van der Waals surface area contributed by atoms with E-state index in [1.54, 1.807) is 4.90 Å². The Bertz CT molecular complexity index is 1040. The Morgan fingerprint density at radius 2 is 1.77 bits per heavy atom. The highest BCUT2D eigenvalue weighted by Gasteiger charge is 2.31. The maximum Gasteiger partial charge on any atom is 0.324 e. The molecule has 0 spiro atoms. The van der Waals surface area contributed by atoms with Crippen molar-refractivity contribution in [3.63, 3.8) is 0 Å². The average Bonchev–Trinajstić information content (AvgIpc) is 3.31. The SMILES string of the molecule is CC(C)CNC(=O)[C@H](Cc1ccccc1)NC(=O)N1CCn2c1nc1ccccc12. The highest BCUT2D eigenvalue weighted by molar-refractivity contribution is 5.96. The highest BCUT2D eigenvalue weighted by atomic mass is 16.2. The molecule has 0 bridgehead atoms. The first kappa shape index (κ1) is 19.9. The van der Waals surface area contributed by atoms with Crippen molar-refractivity contribution < 1.29 is 9.59 Å². The van der Waals surface area contributed by atoms with E-state index in [-0.39, 0.29) is 11.9 Å². The summed E-state index contributed by atoms with van der Waals surface area (Å²) in [6.07, 6.45) is 0.431. The van der Waals surface area contributed by atoms with E-state index in [0.29, 0.717) is 37.9 Å². The van der Waals surface area contributed by atoms with Crippen LogP contribution in [0.15, 0.2) is 54.6 Å². The van der Waals surface area contributed by atoms with Crippen LogP contribution in [0.2, 0.25) is 0 Å². The standard InChI is InChI=1S/C23H27N5O2/c1-16(2)15-24-21(29)19(14-17-8-4-3-5-9-17)26-23(30)28-13-12-27-20-11-7-6-10-18(20)25-22(27)28/h3-11,16,19H,12-15H2,1-2H3,(H,24,29)(H,26,30)/t19-/m0/s1. The number of aromatic nitrogens is 2. The van der Waals surface area contributed by atoms with Gasteiger partial charge in [0, 0.05) is 26.1 Å². The Balaban J connectivity index is 1.52. The zero-order valence-corrected chi connectivity index (χ0v) is 17.3. The lowest BCUT2D eigenvalue weighted by atomic mass is 10.1. The van der Waals surface area contributed by atoms with Crippen LogP contribution in [0.5, 0.6) is 0 Å². The molecule has 156 valence electrons. The number of hydrogen-bond donors (Lipinski definition) is 2. The predicted molar refractivity (Wildman–Crippen MR) is 117 cm³/mol. The molecule has 0 radical (unpaired) electrons. The Labute approximate surface area is 176 Å². The van der Waals surface area contributed by atoms with E-state index in [1.807, 2.05) is 73.0 Å². The Morgan fingerprint density at radius 3 is 2.53 bits per heavy atom. The van der Waals surface area contributed by atoms with Crippen molar-refractivity contribution in [3.05, 3.63) is 60.2 Å². The van der Waals surface area contributed by atoms with Crippen molar-refractivity contribution in [2.75, 3.05) is 18.0 Å². The van der Waals surface area contributed by atoms with Gasteiger partial charge < -0.3 is 15.2 Å². The summed E-state index contributed by atoms with van der Waals surface area (Å²) >= 11 is 0. The van der Waals surface area contributed by atoms with E-state index in [1.165, 1.54) is 0 Å². The minimum absolute atomic E-state index is 0.173. The average molecular weight is 406 g/mol. The van der Waals surface area contributed by atoms with Gasteiger partial charge in [0.05, 0.1) is 11.0 Å². The zero-order valence-electron chi connectivity index (χ0n) is 17.3. The maximum atomic E-state index is 13.1. The Kier molecular flexibility index (Phi) is 5.70. The van der Waals surface area contributed by atoms with Crippen molar-refractivity contribution in [2.45, 2.75) is 32.9 Å². The van der Waals surface area contributed by atoms with Crippen molar-refractivity contribution in [3.8, 4) is 0 Å². The molecule has 0 fully saturated rings. The normalized spacial score (nSPS) is 14.0. The number of carbonyl (C=O) groups excluding carboxylic acids is 2. The minimum atomic E-state index is -0.655. The fourth-order valence-electron chi connectivity index (χ4n) is 3.70. The number of urea groups is 1. The Hall–Kier alpha value is -3.35. The summed E-state index contributed by atoms with van der Waals surface area (Å²) in [4.78, 5) is 32.2. The van der Waals surface area contributed by atoms with Crippen molar-refractivity contribution in [1.82, 2.24) is 20.2 Å². The summed E-state index contributed by atoms with van der Waals surface area (Å²) in [6, 6.07) is 16.6. The third-order valence-corrected chi connectivity index (χ3v) is 5.25. The van der Waals surface area contributed by atoms with Gasteiger partial charge in [-0.1, -0.05) is 56.3 Å². The number of para-hydroxylation sites is 2. The molecule has 1 aromatic heterocycles. The lowest BCUT2D eigenvalue weighted by Crippen LogP contribution is -2.52. The van der Waals surface area contributed by atoms with Gasteiger partial charge in [0.15, 0.2) is 0 Å². The quantitative estimate of drug-likeness (QED) is 0.662. The number of benzene rings is 2. The smallest absolute Gasteiger partial charge is 0.324 e. The number of amides is 3.